The molecule has 17 heavy (non-hydrogen) atoms. The first-order chi connectivity index (χ1) is 8.09. The monoisotopic (exact) mass is 236 g/mol. The number of hydrogen-bond acceptors (Lipinski definition) is 2. The largest absolute Gasteiger partial charge is 0.334 e. The van der Waals surface area contributed by atoms with Gasteiger partial charge >= 0.3 is 6.03 Å². The maximum Gasteiger partial charge on any atom is 0.317 e. The van der Waals surface area contributed by atoms with Gasteiger partial charge in [-0.1, -0.05) is 0 Å². The summed E-state index contributed by atoms with van der Waals surface area (Å²) in [5, 5.41) is 7.31. The lowest BCUT2D eigenvalue weighted by atomic mass is 10.2. The summed E-state index contributed by atoms with van der Waals surface area (Å²) >= 11 is 0. The Labute approximate surface area is 102 Å². The van der Waals surface area contributed by atoms with Gasteiger partial charge in [0.2, 0.25) is 0 Å². The first-order valence-corrected chi connectivity index (χ1v) is 6.11. The van der Waals surface area contributed by atoms with Crippen molar-refractivity contribution in [3.8, 4) is 0 Å². The van der Waals surface area contributed by atoms with Crippen LogP contribution in [0.5, 0.6) is 0 Å². The van der Waals surface area contributed by atoms with Crippen molar-refractivity contribution in [1.82, 2.24) is 20.0 Å². The number of likely N-dealkylation sites (tertiary alicyclic amines) is 1. The number of carbonyl (C=O) groups excluding carboxylic acids is 1. The second-order valence-corrected chi connectivity index (χ2v) is 4.63. The van der Waals surface area contributed by atoms with Crippen molar-refractivity contribution in [2.75, 3.05) is 13.1 Å². The zero-order valence-corrected chi connectivity index (χ0v) is 10.8. The molecule has 1 aromatic heterocycles. The average molecular weight is 236 g/mol. The van der Waals surface area contributed by atoms with E-state index >= 15 is 0 Å². The fourth-order valence-corrected chi connectivity index (χ4v) is 2.27. The lowest BCUT2D eigenvalue weighted by Crippen LogP contribution is -2.37. The quantitative estimate of drug-likeness (QED) is 0.842. The van der Waals surface area contributed by atoms with E-state index in [2.05, 4.69) is 10.4 Å². The molecule has 0 aromatic carbocycles. The number of aromatic nitrogens is 2. The zero-order valence-electron chi connectivity index (χ0n) is 10.8. The van der Waals surface area contributed by atoms with Crippen LogP contribution < -0.4 is 5.32 Å². The second kappa shape index (κ2) is 4.77. The minimum atomic E-state index is 0.0464. The summed E-state index contributed by atoms with van der Waals surface area (Å²) in [6, 6.07) is 0.0464. The lowest BCUT2D eigenvalue weighted by Gasteiger charge is -2.16. The Balaban J connectivity index is 1.95. The highest BCUT2D eigenvalue weighted by atomic mass is 16.2. The van der Waals surface area contributed by atoms with Gasteiger partial charge in [0.15, 0.2) is 0 Å². The van der Waals surface area contributed by atoms with Gasteiger partial charge < -0.3 is 10.2 Å². The summed E-state index contributed by atoms with van der Waals surface area (Å²) in [6.45, 7) is 6.34. The molecule has 2 heterocycles. The Morgan fingerprint density at radius 1 is 1.35 bits per heavy atom. The fraction of sp³-hybridized carbons (Fsp3) is 0.667. The van der Waals surface area contributed by atoms with Crippen LogP contribution in [0.3, 0.4) is 0 Å². The van der Waals surface area contributed by atoms with Gasteiger partial charge in [-0.3, -0.25) is 4.68 Å². The van der Waals surface area contributed by atoms with Gasteiger partial charge in [0.25, 0.3) is 0 Å². The van der Waals surface area contributed by atoms with E-state index in [0.29, 0.717) is 6.54 Å². The predicted molar refractivity (Wildman–Crippen MR) is 65.7 cm³/mol. The van der Waals surface area contributed by atoms with Crippen LogP contribution in [0.25, 0.3) is 0 Å². The number of aryl methyl sites for hydroxylation is 2. The van der Waals surface area contributed by atoms with Crippen molar-refractivity contribution in [3.05, 3.63) is 17.0 Å². The van der Waals surface area contributed by atoms with Crippen molar-refractivity contribution in [3.63, 3.8) is 0 Å². The lowest BCUT2D eigenvalue weighted by molar-refractivity contribution is 0.208. The molecule has 1 aromatic rings. The maximum atomic E-state index is 11.8. The van der Waals surface area contributed by atoms with Crippen molar-refractivity contribution in [1.29, 1.82) is 0 Å². The molecule has 5 nitrogen and oxygen atoms in total. The van der Waals surface area contributed by atoms with Crippen LogP contribution in [0.2, 0.25) is 0 Å². The molecule has 1 saturated heterocycles. The minimum absolute atomic E-state index is 0.0464. The van der Waals surface area contributed by atoms with E-state index in [1.807, 2.05) is 30.5 Å². The number of carbonyl (C=O) groups is 1. The van der Waals surface area contributed by atoms with Gasteiger partial charge in [0.1, 0.15) is 0 Å². The van der Waals surface area contributed by atoms with Crippen LogP contribution in [0.1, 0.15) is 29.8 Å². The van der Waals surface area contributed by atoms with E-state index in [4.69, 9.17) is 0 Å². The molecule has 2 amide bonds. The van der Waals surface area contributed by atoms with Crippen LogP contribution in [0.15, 0.2) is 0 Å². The molecule has 0 bridgehead atoms. The van der Waals surface area contributed by atoms with Gasteiger partial charge in [-0.05, 0) is 26.7 Å². The first kappa shape index (κ1) is 12.0. The number of nitrogens with one attached hydrogen (secondary N) is 1. The number of hydrogen-bond donors (Lipinski definition) is 1. The minimum Gasteiger partial charge on any atom is -0.334 e. The van der Waals surface area contributed by atoms with E-state index in [1.165, 1.54) is 0 Å². The maximum absolute atomic E-state index is 11.8. The third kappa shape index (κ3) is 2.43. The molecule has 94 valence electrons. The van der Waals surface area contributed by atoms with E-state index in [1.54, 1.807) is 0 Å². The predicted octanol–water partition coefficient (Wildman–Crippen LogP) is 1.34. The second-order valence-electron chi connectivity index (χ2n) is 4.63. The molecule has 2 rings (SSSR count). The SMILES string of the molecule is Cc1nn(C)c(C)c1CNC(=O)N1CCCC1. The smallest absolute Gasteiger partial charge is 0.317 e. The van der Waals surface area contributed by atoms with Gasteiger partial charge in [-0.25, -0.2) is 4.79 Å². The highest BCUT2D eigenvalue weighted by molar-refractivity contribution is 5.74. The number of amides is 2. The topological polar surface area (TPSA) is 50.2 Å². The number of nitrogens with zero attached hydrogens (tertiary/aromatic N) is 3. The van der Waals surface area contributed by atoms with E-state index < -0.39 is 0 Å². The molecule has 1 fully saturated rings. The summed E-state index contributed by atoms with van der Waals surface area (Å²) in [7, 11) is 1.92. The molecular formula is C12H20N4O. The van der Waals surface area contributed by atoms with Crippen molar-refractivity contribution in [2.24, 2.45) is 7.05 Å². The molecule has 0 unspecified atom stereocenters. The van der Waals surface area contributed by atoms with Crippen LogP contribution in [0.4, 0.5) is 4.79 Å². The summed E-state index contributed by atoms with van der Waals surface area (Å²) in [5.74, 6) is 0. The van der Waals surface area contributed by atoms with Gasteiger partial charge in [-0.2, -0.15) is 5.10 Å². The summed E-state index contributed by atoms with van der Waals surface area (Å²) in [4.78, 5) is 13.7. The normalized spacial score (nSPS) is 15.4. The van der Waals surface area contributed by atoms with Gasteiger partial charge in [0.05, 0.1) is 5.69 Å². The van der Waals surface area contributed by atoms with E-state index in [9.17, 15) is 4.79 Å². The summed E-state index contributed by atoms with van der Waals surface area (Å²) < 4.78 is 1.85. The van der Waals surface area contributed by atoms with E-state index in [-0.39, 0.29) is 6.03 Å². The first-order valence-electron chi connectivity index (χ1n) is 6.11. The molecule has 1 N–H and O–H groups in total. The Kier molecular flexibility index (Phi) is 3.36. The number of urea groups is 1. The van der Waals surface area contributed by atoms with Crippen molar-refractivity contribution in [2.45, 2.75) is 33.2 Å². The zero-order chi connectivity index (χ0) is 12.4. The van der Waals surface area contributed by atoms with Crippen molar-refractivity contribution >= 4 is 6.03 Å². The van der Waals surface area contributed by atoms with Crippen LogP contribution in [-0.2, 0) is 13.6 Å². The Morgan fingerprint density at radius 2 is 2.00 bits per heavy atom. The Bertz CT molecular complexity index is 418. The van der Waals surface area contributed by atoms with E-state index in [0.717, 1.165) is 42.9 Å². The molecular weight excluding hydrogens is 216 g/mol. The van der Waals surface area contributed by atoms with Gasteiger partial charge in [0, 0.05) is 37.9 Å². The average Bonchev–Trinajstić information content (AvgIpc) is 2.88. The van der Waals surface area contributed by atoms with Gasteiger partial charge in [-0.15, -0.1) is 0 Å². The third-order valence-corrected chi connectivity index (χ3v) is 3.47. The Morgan fingerprint density at radius 3 is 2.53 bits per heavy atom. The molecule has 5 heteroatoms. The number of rotatable bonds is 2. The molecule has 0 radical (unpaired) electrons. The Hall–Kier alpha value is -1.52. The molecule has 0 spiro atoms. The highest BCUT2D eigenvalue weighted by Crippen LogP contribution is 2.12. The molecule has 0 atom stereocenters. The highest BCUT2D eigenvalue weighted by Gasteiger charge is 2.18. The fourth-order valence-electron chi connectivity index (χ4n) is 2.27. The standard InChI is InChI=1S/C12H20N4O/c1-9-11(10(2)15(3)14-9)8-13-12(17)16-6-4-5-7-16/h4-8H2,1-3H3,(H,13,17). The molecule has 0 aliphatic carbocycles. The van der Waals surface area contributed by atoms with Crippen molar-refractivity contribution < 1.29 is 4.79 Å². The third-order valence-electron chi connectivity index (χ3n) is 3.47. The molecule has 1 aliphatic rings. The van der Waals surface area contributed by atoms with Crippen LogP contribution in [0, 0.1) is 13.8 Å². The molecule has 1 aliphatic heterocycles. The summed E-state index contributed by atoms with van der Waals surface area (Å²) in [6.07, 6.45) is 2.25. The summed E-state index contributed by atoms with van der Waals surface area (Å²) in [5.41, 5.74) is 3.23. The molecule has 0 saturated carbocycles. The van der Waals surface area contributed by atoms with Crippen LogP contribution >= 0.6 is 0 Å². The van der Waals surface area contributed by atoms with Crippen LogP contribution in [-0.4, -0.2) is 33.8 Å².